The summed E-state index contributed by atoms with van der Waals surface area (Å²) in [4.78, 5) is 6.77. The Morgan fingerprint density at radius 1 is 1.20 bits per heavy atom. The third-order valence-corrected chi connectivity index (χ3v) is 3.67. The number of benzene rings is 1. The molecule has 0 unspecified atom stereocenters. The SMILES string of the molecule is COc1ccc(CN(C)Cc2cccc(C)n2)cc1Br. The molecule has 20 heavy (non-hydrogen) atoms. The van der Waals surface area contributed by atoms with E-state index in [1.54, 1.807) is 7.11 Å². The van der Waals surface area contributed by atoms with Gasteiger partial charge in [0.05, 0.1) is 17.3 Å². The second-order valence-corrected chi connectivity index (χ2v) is 5.77. The largest absolute Gasteiger partial charge is 0.496 e. The molecule has 0 N–H and O–H groups in total. The first-order chi connectivity index (χ1) is 9.58. The molecular formula is C16H19BrN2O. The van der Waals surface area contributed by atoms with Gasteiger partial charge >= 0.3 is 0 Å². The Morgan fingerprint density at radius 2 is 2.00 bits per heavy atom. The van der Waals surface area contributed by atoms with Gasteiger partial charge in [0, 0.05) is 18.8 Å². The van der Waals surface area contributed by atoms with Crippen molar-refractivity contribution < 1.29 is 4.74 Å². The van der Waals surface area contributed by atoms with E-state index < -0.39 is 0 Å². The molecule has 2 rings (SSSR count). The second-order valence-electron chi connectivity index (χ2n) is 4.91. The van der Waals surface area contributed by atoms with Crippen LogP contribution in [0.4, 0.5) is 0 Å². The van der Waals surface area contributed by atoms with Gasteiger partial charge in [0.1, 0.15) is 5.75 Å². The number of methoxy groups -OCH3 is 1. The zero-order chi connectivity index (χ0) is 14.5. The van der Waals surface area contributed by atoms with Crippen molar-refractivity contribution in [3.05, 3.63) is 57.8 Å². The molecule has 1 heterocycles. The van der Waals surface area contributed by atoms with Gasteiger partial charge in [0.25, 0.3) is 0 Å². The Hall–Kier alpha value is -1.39. The quantitative estimate of drug-likeness (QED) is 0.831. The highest BCUT2D eigenvalue weighted by Gasteiger charge is 2.06. The third-order valence-electron chi connectivity index (χ3n) is 3.05. The predicted octanol–water partition coefficient (Wildman–Crippen LogP) is 3.79. The molecule has 1 aromatic carbocycles. The highest BCUT2D eigenvalue weighted by molar-refractivity contribution is 9.10. The molecule has 2 aromatic rings. The first kappa shape index (κ1) is 15.0. The van der Waals surface area contributed by atoms with Crippen molar-refractivity contribution in [2.45, 2.75) is 20.0 Å². The smallest absolute Gasteiger partial charge is 0.133 e. The average molecular weight is 335 g/mol. The fourth-order valence-corrected chi connectivity index (χ4v) is 2.73. The van der Waals surface area contributed by atoms with Crippen molar-refractivity contribution in [3.8, 4) is 5.75 Å². The maximum absolute atomic E-state index is 5.24. The molecule has 0 atom stereocenters. The zero-order valence-corrected chi connectivity index (χ0v) is 13.6. The Kier molecular flexibility index (Phi) is 5.15. The third kappa shape index (κ3) is 4.05. The fourth-order valence-electron chi connectivity index (χ4n) is 2.14. The summed E-state index contributed by atoms with van der Waals surface area (Å²) in [7, 11) is 3.78. The van der Waals surface area contributed by atoms with E-state index >= 15 is 0 Å². The first-order valence-corrected chi connectivity index (χ1v) is 7.31. The van der Waals surface area contributed by atoms with E-state index in [4.69, 9.17) is 4.74 Å². The summed E-state index contributed by atoms with van der Waals surface area (Å²) in [5, 5.41) is 0. The summed E-state index contributed by atoms with van der Waals surface area (Å²) in [5.74, 6) is 0.858. The molecular weight excluding hydrogens is 316 g/mol. The van der Waals surface area contributed by atoms with Crippen LogP contribution in [-0.2, 0) is 13.1 Å². The van der Waals surface area contributed by atoms with Gasteiger partial charge in [-0.05, 0) is 59.7 Å². The van der Waals surface area contributed by atoms with E-state index in [0.29, 0.717) is 0 Å². The normalized spacial score (nSPS) is 10.8. The molecule has 0 radical (unpaired) electrons. The molecule has 0 saturated heterocycles. The molecule has 3 nitrogen and oxygen atoms in total. The van der Waals surface area contributed by atoms with Crippen LogP contribution in [-0.4, -0.2) is 24.0 Å². The molecule has 0 amide bonds. The van der Waals surface area contributed by atoms with E-state index in [1.165, 1.54) is 5.56 Å². The van der Waals surface area contributed by atoms with Gasteiger partial charge in [-0.3, -0.25) is 9.88 Å². The van der Waals surface area contributed by atoms with Crippen molar-refractivity contribution in [2.75, 3.05) is 14.2 Å². The predicted molar refractivity (Wildman–Crippen MR) is 84.8 cm³/mol. The molecule has 0 saturated carbocycles. The first-order valence-electron chi connectivity index (χ1n) is 6.52. The topological polar surface area (TPSA) is 25.4 Å². The summed E-state index contributed by atoms with van der Waals surface area (Å²) in [6.45, 7) is 3.73. The van der Waals surface area contributed by atoms with E-state index in [2.05, 4.69) is 57.1 Å². The van der Waals surface area contributed by atoms with Gasteiger partial charge in [-0.2, -0.15) is 0 Å². The average Bonchev–Trinajstić information content (AvgIpc) is 2.38. The minimum atomic E-state index is 0.839. The number of ether oxygens (including phenoxy) is 1. The van der Waals surface area contributed by atoms with Crippen LogP contribution in [0.3, 0.4) is 0 Å². The maximum atomic E-state index is 5.24. The number of rotatable bonds is 5. The van der Waals surface area contributed by atoms with Crippen molar-refractivity contribution in [2.24, 2.45) is 0 Å². The molecule has 0 aliphatic carbocycles. The van der Waals surface area contributed by atoms with Crippen LogP contribution in [0, 0.1) is 6.92 Å². The van der Waals surface area contributed by atoms with Crippen LogP contribution in [0.2, 0.25) is 0 Å². The van der Waals surface area contributed by atoms with Crippen LogP contribution in [0.5, 0.6) is 5.75 Å². The van der Waals surface area contributed by atoms with Crippen molar-refractivity contribution in [1.29, 1.82) is 0 Å². The van der Waals surface area contributed by atoms with Crippen LogP contribution >= 0.6 is 15.9 Å². The van der Waals surface area contributed by atoms with Gasteiger partial charge in [0.15, 0.2) is 0 Å². The molecule has 0 spiro atoms. The minimum Gasteiger partial charge on any atom is -0.496 e. The van der Waals surface area contributed by atoms with Crippen LogP contribution in [0.25, 0.3) is 0 Å². The van der Waals surface area contributed by atoms with E-state index in [-0.39, 0.29) is 0 Å². The summed E-state index contributed by atoms with van der Waals surface area (Å²) >= 11 is 3.52. The van der Waals surface area contributed by atoms with Crippen LogP contribution in [0.1, 0.15) is 17.0 Å². The summed E-state index contributed by atoms with van der Waals surface area (Å²) in [6, 6.07) is 12.3. The molecule has 0 fully saturated rings. The molecule has 0 aliphatic heterocycles. The summed E-state index contributed by atoms with van der Waals surface area (Å²) < 4.78 is 6.23. The number of halogens is 1. The zero-order valence-electron chi connectivity index (χ0n) is 12.1. The number of aromatic nitrogens is 1. The standard InChI is InChI=1S/C16H19BrN2O/c1-12-5-4-6-14(18-12)11-19(2)10-13-7-8-16(20-3)15(17)9-13/h4-9H,10-11H2,1-3H3. The highest BCUT2D eigenvalue weighted by Crippen LogP contribution is 2.26. The highest BCUT2D eigenvalue weighted by atomic mass is 79.9. The minimum absolute atomic E-state index is 0.839. The lowest BCUT2D eigenvalue weighted by Crippen LogP contribution is -2.18. The Labute approximate surface area is 128 Å². The van der Waals surface area contributed by atoms with E-state index in [9.17, 15) is 0 Å². The number of hydrogen-bond donors (Lipinski definition) is 0. The second kappa shape index (κ2) is 6.86. The number of nitrogens with zero attached hydrogens (tertiary/aromatic N) is 2. The maximum Gasteiger partial charge on any atom is 0.133 e. The van der Waals surface area contributed by atoms with E-state index in [1.807, 2.05) is 19.1 Å². The molecule has 4 heteroatoms. The Balaban J connectivity index is 2.01. The number of aryl methyl sites for hydroxylation is 1. The van der Waals surface area contributed by atoms with E-state index in [0.717, 1.165) is 34.7 Å². The Morgan fingerprint density at radius 3 is 2.65 bits per heavy atom. The molecule has 1 aromatic heterocycles. The van der Waals surface area contributed by atoms with Gasteiger partial charge < -0.3 is 4.74 Å². The summed E-state index contributed by atoms with van der Waals surface area (Å²) in [5.41, 5.74) is 3.40. The fraction of sp³-hybridized carbons (Fsp3) is 0.312. The number of pyridine rings is 1. The summed E-state index contributed by atoms with van der Waals surface area (Å²) in [6.07, 6.45) is 0. The van der Waals surface area contributed by atoms with Gasteiger partial charge in [-0.25, -0.2) is 0 Å². The van der Waals surface area contributed by atoms with Gasteiger partial charge in [-0.15, -0.1) is 0 Å². The van der Waals surface area contributed by atoms with Gasteiger partial charge in [-0.1, -0.05) is 12.1 Å². The van der Waals surface area contributed by atoms with Gasteiger partial charge in [0.2, 0.25) is 0 Å². The number of hydrogen-bond acceptors (Lipinski definition) is 3. The molecule has 0 aliphatic rings. The van der Waals surface area contributed by atoms with Crippen molar-refractivity contribution in [1.82, 2.24) is 9.88 Å². The Bertz CT molecular complexity index is 586. The van der Waals surface area contributed by atoms with Crippen LogP contribution < -0.4 is 4.74 Å². The lowest BCUT2D eigenvalue weighted by Gasteiger charge is -2.17. The van der Waals surface area contributed by atoms with Crippen LogP contribution in [0.15, 0.2) is 40.9 Å². The van der Waals surface area contributed by atoms with Crippen molar-refractivity contribution >= 4 is 15.9 Å². The van der Waals surface area contributed by atoms with Crippen molar-refractivity contribution in [3.63, 3.8) is 0 Å². The molecule has 0 bridgehead atoms. The molecule has 106 valence electrons. The lowest BCUT2D eigenvalue weighted by molar-refractivity contribution is 0.314. The monoisotopic (exact) mass is 334 g/mol. The lowest BCUT2D eigenvalue weighted by atomic mass is 10.2.